The Labute approximate surface area is 90.6 Å². The number of H-pyrrole nitrogens is 1. The fourth-order valence-corrected chi connectivity index (χ4v) is 1.44. The maximum Gasteiger partial charge on any atom is 0.352 e. The summed E-state index contributed by atoms with van der Waals surface area (Å²) in [6.45, 7) is 0. The number of aromatic carboxylic acids is 1. The lowest BCUT2D eigenvalue weighted by atomic mass is 10.1. The third kappa shape index (κ3) is 1.83. The number of hydrogen-bond donors (Lipinski definition) is 4. The van der Waals surface area contributed by atoms with Crippen molar-refractivity contribution in [2.24, 2.45) is 0 Å². The normalized spacial score (nSPS) is 10.2. The first kappa shape index (κ1) is 10.1. The highest BCUT2D eigenvalue weighted by Gasteiger charge is 2.08. The van der Waals surface area contributed by atoms with Gasteiger partial charge in [-0.3, -0.25) is 0 Å². The molecule has 16 heavy (non-hydrogen) atoms. The molecule has 0 saturated carbocycles. The standard InChI is InChI=1S/C11H9NO4/c13-7-3-6(4-8(14)5-7)9-1-2-10(12-9)11(15)16/h1-5,12-14H,(H,15,16). The highest BCUT2D eigenvalue weighted by atomic mass is 16.4. The number of hydrogen-bond acceptors (Lipinski definition) is 3. The van der Waals surface area contributed by atoms with Crippen LogP contribution in [0.5, 0.6) is 11.5 Å². The Hall–Kier alpha value is -2.43. The van der Waals surface area contributed by atoms with E-state index in [0.717, 1.165) is 0 Å². The minimum absolute atomic E-state index is 0.0535. The fourth-order valence-electron chi connectivity index (χ4n) is 1.44. The summed E-state index contributed by atoms with van der Waals surface area (Å²) in [6.07, 6.45) is 0. The van der Waals surface area contributed by atoms with Crippen LogP contribution in [-0.2, 0) is 0 Å². The van der Waals surface area contributed by atoms with E-state index >= 15 is 0 Å². The lowest BCUT2D eigenvalue weighted by molar-refractivity contribution is 0.0691. The van der Waals surface area contributed by atoms with Gasteiger partial charge in [-0.2, -0.15) is 0 Å². The lowest BCUT2D eigenvalue weighted by Crippen LogP contribution is -1.95. The first-order valence-corrected chi connectivity index (χ1v) is 4.52. The molecular formula is C11H9NO4. The number of benzene rings is 1. The van der Waals surface area contributed by atoms with Crippen molar-refractivity contribution >= 4 is 5.97 Å². The van der Waals surface area contributed by atoms with Gasteiger partial charge in [0.15, 0.2) is 0 Å². The summed E-state index contributed by atoms with van der Waals surface area (Å²) < 4.78 is 0. The molecule has 5 nitrogen and oxygen atoms in total. The molecule has 1 heterocycles. The van der Waals surface area contributed by atoms with Crippen molar-refractivity contribution < 1.29 is 20.1 Å². The molecule has 0 atom stereocenters. The van der Waals surface area contributed by atoms with E-state index in [0.29, 0.717) is 11.3 Å². The van der Waals surface area contributed by atoms with Crippen LogP contribution in [0.1, 0.15) is 10.5 Å². The third-order valence-electron chi connectivity index (χ3n) is 2.13. The number of aromatic amines is 1. The SMILES string of the molecule is O=C(O)c1ccc(-c2cc(O)cc(O)c2)[nH]1. The molecule has 82 valence electrons. The monoisotopic (exact) mass is 219 g/mol. The van der Waals surface area contributed by atoms with Crippen LogP contribution >= 0.6 is 0 Å². The number of aromatic nitrogens is 1. The van der Waals surface area contributed by atoms with E-state index in [4.69, 9.17) is 5.11 Å². The Kier molecular flexibility index (Phi) is 2.28. The summed E-state index contributed by atoms with van der Waals surface area (Å²) in [6, 6.07) is 7.04. The van der Waals surface area contributed by atoms with E-state index in [1.54, 1.807) is 6.07 Å². The summed E-state index contributed by atoms with van der Waals surface area (Å²) in [4.78, 5) is 13.3. The number of rotatable bonds is 2. The molecule has 0 fully saturated rings. The van der Waals surface area contributed by atoms with Gasteiger partial charge in [-0.1, -0.05) is 0 Å². The van der Waals surface area contributed by atoms with Gasteiger partial charge in [-0.05, 0) is 24.3 Å². The van der Waals surface area contributed by atoms with Crippen LogP contribution < -0.4 is 0 Å². The molecule has 0 bridgehead atoms. The van der Waals surface area contributed by atoms with Crippen molar-refractivity contribution in [2.45, 2.75) is 0 Å². The molecule has 0 aliphatic rings. The molecule has 5 heteroatoms. The van der Waals surface area contributed by atoms with E-state index in [1.165, 1.54) is 24.3 Å². The maximum atomic E-state index is 10.6. The van der Waals surface area contributed by atoms with E-state index in [9.17, 15) is 15.0 Å². The Bertz CT molecular complexity index is 524. The Morgan fingerprint density at radius 2 is 1.69 bits per heavy atom. The quantitative estimate of drug-likeness (QED) is 0.619. The van der Waals surface area contributed by atoms with Crippen molar-refractivity contribution in [2.75, 3.05) is 0 Å². The van der Waals surface area contributed by atoms with Crippen LogP contribution in [0, 0.1) is 0 Å². The molecule has 1 aromatic heterocycles. The Balaban J connectivity index is 2.46. The molecule has 0 saturated heterocycles. The lowest BCUT2D eigenvalue weighted by Gasteiger charge is -2.01. The fraction of sp³-hybridized carbons (Fsp3) is 0. The van der Waals surface area contributed by atoms with Gasteiger partial charge in [0.05, 0.1) is 0 Å². The number of nitrogens with one attached hydrogen (secondary N) is 1. The number of phenolic OH excluding ortho intramolecular Hbond substituents is 2. The van der Waals surface area contributed by atoms with E-state index in [-0.39, 0.29) is 17.2 Å². The van der Waals surface area contributed by atoms with Gasteiger partial charge >= 0.3 is 5.97 Å². The number of carboxylic acids is 1. The minimum atomic E-state index is -1.06. The van der Waals surface area contributed by atoms with Crippen molar-refractivity contribution in [1.29, 1.82) is 0 Å². The minimum Gasteiger partial charge on any atom is -0.508 e. The van der Waals surface area contributed by atoms with Gasteiger partial charge < -0.3 is 20.3 Å². The van der Waals surface area contributed by atoms with Crippen molar-refractivity contribution in [3.05, 3.63) is 36.0 Å². The zero-order valence-corrected chi connectivity index (χ0v) is 8.14. The largest absolute Gasteiger partial charge is 0.508 e. The summed E-state index contributed by atoms with van der Waals surface area (Å²) >= 11 is 0. The van der Waals surface area contributed by atoms with E-state index in [2.05, 4.69) is 4.98 Å². The van der Waals surface area contributed by atoms with Crippen LogP contribution in [0.4, 0.5) is 0 Å². The molecule has 2 rings (SSSR count). The molecule has 1 aromatic carbocycles. The molecule has 0 spiro atoms. The smallest absolute Gasteiger partial charge is 0.352 e. The highest BCUT2D eigenvalue weighted by molar-refractivity contribution is 5.87. The van der Waals surface area contributed by atoms with Gasteiger partial charge in [0, 0.05) is 17.3 Å². The second-order valence-electron chi connectivity index (χ2n) is 3.33. The third-order valence-corrected chi connectivity index (χ3v) is 2.13. The average Bonchev–Trinajstić information content (AvgIpc) is 2.64. The van der Waals surface area contributed by atoms with E-state index < -0.39 is 5.97 Å². The molecule has 0 amide bonds. The summed E-state index contributed by atoms with van der Waals surface area (Å²) in [7, 11) is 0. The van der Waals surface area contributed by atoms with Crippen LogP contribution in [0.2, 0.25) is 0 Å². The second kappa shape index (κ2) is 3.62. The molecule has 4 N–H and O–H groups in total. The predicted octanol–water partition coefficient (Wildman–Crippen LogP) is 1.79. The second-order valence-corrected chi connectivity index (χ2v) is 3.33. The van der Waals surface area contributed by atoms with Crippen LogP contribution in [0.25, 0.3) is 11.3 Å². The van der Waals surface area contributed by atoms with Crippen molar-refractivity contribution in [1.82, 2.24) is 4.98 Å². The van der Waals surface area contributed by atoms with Gasteiger partial charge in [-0.15, -0.1) is 0 Å². The van der Waals surface area contributed by atoms with Crippen molar-refractivity contribution in [3.63, 3.8) is 0 Å². The average molecular weight is 219 g/mol. The predicted molar refractivity (Wildman–Crippen MR) is 56.5 cm³/mol. The molecule has 0 radical (unpaired) electrons. The summed E-state index contributed by atoms with van der Waals surface area (Å²) in [5.41, 5.74) is 1.09. The molecule has 0 aliphatic carbocycles. The molecule has 0 unspecified atom stereocenters. The van der Waals surface area contributed by atoms with E-state index in [1.807, 2.05) is 0 Å². The number of carbonyl (C=O) groups is 1. The van der Waals surface area contributed by atoms with Crippen LogP contribution in [0.15, 0.2) is 30.3 Å². The van der Waals surface area contributed by atoms with Crippen molar-refractivity contribution in [3.8, 4) is 22.8 Å². The summed E-state index contributed by atoms with van der Waals surface area (Å²) in [5, 5.41) is 27.3. The number of phenols is 2. The zero-order valence-electron chi connectivity index (χ0n) is 8.14. The Morgan fingerprint density at radius 3 is 2.19 bits per heavy atom. The molecular weight excluding hydrogens is 210 g/mol. The maximum absolute atomic E-state index is 10.6. The first-order valence-electron chi connectivity index (χ1n) is 4.52. The van der Waals surface area contributed by atoms with Gasteiger partial charge in [-0.25, -0.2) is 4.79 Å². The van der Waals surface area contributed by atoms with Gasteiger partial charge in [0.1, 0.15) is 17.2 Å². The Morgan fingerprint density at radius 1 is 1.06 bits per heavy atom. The topological polar surface area (TPSA) is 93.6 Å². The number of aromatic hydroxyl groups is 2. The molecule has 0 aliphatic heterocycles. The summed E-state index contributed by atoms with van der Waals surface area (Å²) in [5.74, 6) is -1.22. The van der Waals surface area contributed by atoms with Gasteiger partial charge in [0.2, 0.25) is 0 Å². The molecule has 2 aromatic rings. The van der Waals surface area contributed by atoms with Gasteiger partial charge in [0.25, 0.3) is 0 Å². The van der Waals surface area contributed by atoms with Crippen LogP contribution in [-0.4, -0.2) is 26.3 Å². The number of carboxylic acid groups (broad SMARTS) is 1. The zero-order chi connectivity index (χ0) is 11.7. The highest BCUT2D eigenvalue weighted by Crippen LogP contribution is 2.27. The first-order chi connectivity index (χ1) is 7.56. The van der Waals surface area contributed by atoms with Crippen LogP contribution in [0.3, 0.4) is 0 Å².